The fourth-order valence-electron chi connectivity index (χ4n) is 6.25. The molecule has 0 radical (unpaired) electrons. The molecule has 3 atom stereocenters. The van der Waals surface area contributed by atoms with E-state index in [1.165, 1.54) is 34.9 Å². The number of carbonyl (C=O) groups is 3. The molecule has 0 saturated carbocycles. The molecule has 9 nitrogen and oxygen atoms in total. The summed E-state index contributed by atoms with van der Waals surface area (Å²) in [5.74, 6) is -0.0931. The Hall–Kier alpha value is -8.58. The number of allylic oxidation sites excluding steroid dienone is 6. The predicted molar refractivity (Wildman–Crippen MR) is 289 cm³/mol. The van der Waals surface area contributed by atoms with Crippen LogP contribution in [0.3, 0.4) is 0 Å². The van der Waals surface area contributed by atoms with E-state index < -0.39 is 17.9 Å². The second-order valence-electron chi connectivity index (χ2n) is 17.0. The van der Waals surface area contributed by atoms with Gasteiger partial charge >= 0.3 is 17.9 Å². The number of aryl methyl sites for hydroxylation is 3. The Bertz CT molecular complexity index is 2870. The third-order valence-electron chi connectivity index (χ3n) is 11.4. The molecular formula is C63H65N3O6. The van der Waals surface area contributed by atoms with E-state index in [2.05, 4.69) is 33.8 Å². The van der Waals surface area contributed by atoms with E-state index in [1.54, 1.807) is 49.4 Å². The van der Waals surface area contributed by atoms with Gasteiger partial charge in [-0.2, -0.15) is 15.8 Å². The molecule has 72 heavy (non-hydrogen) atoms. The fourth-order valence-corrected chi connectivity index (χ4v) is 6.25. The van der Waals surface area contributed by atoms with Crippen LogP contribution in [0.5, 0.6) is 11.5 Å². The Morgan fingerprint density at radius 2 is 0.917 bits per heavy atom. The van der Waals surface area contributed by atoms with E-state index in [-0.39, 0.29) is 22.8 Å². The number of ether oxygens (including phenoxy) is 3. The van der Waals surface area contributed by atoms with Crippen molar-refractivity contribution in [1.82, 2.24) is 0 Å². The van der Waals surface area contributed by atoms with Gasteiger partial charge in [0.25, 0.3) is 0 Å². The number of nitriles is 3. The summed E-state index contributed by atoms with van der Waals surface area (Å²) in [7, 11) is 0. The lowest BCUT2D eigenvalue weighted by atomic mass is 9.99. The SMILES string of the molecule is CCC(C)OC(=O)/C(C#N)=C/C=C/c1ccccc1.CCC(C)c1ccc(OC(=O)/C(C#N)=C/C=C/c2cc(C)ccc2C)cc1.CCC(C)c1ccc(OC(=O)/C(C#N)=C/C=C/c2ccc(C)cc2)cc1. The number of carbonyl (C=O) groups excluding carboxylic acids is 3. The molecule has 5 aromatic carbocycles. The van der Waals surface area contributed by atoms with Crippen LogP contribution in [-0.4, -0.2) is 24.0 Å². The van der Waals surface area contributed by atoms with Crippen LogP contribution in [0.1, 0.15) is 117 Å². The van der Waals surface area contributed by atoms with Crippen molar-refractivity contribution in [3.05, 3.63) is 219 Å². The summed E-state index contributed by atoms with van der Waals surface area (Å²) in [4.78, 5) is 36.0. The molecule has 0 spiro atoms. The molecule has 0 N–H and O–H groups in total. The molecule has 0 aliphatic carbocycles. The average molecular weight is 960 g/mol. The van der Waals surface area contributed by atoms with Gasteiger partial charge in [0, 0.05) is 0 Å². The molecule has 0 aliphatic rings. The third kappa shape index (κ3) is 20.6. The average Bonchev–Trinajstić information content (AvgIpc) is 3.39. The maximum Gasteiger partial charge on any atom is 0.354 e. The minimum absolute atomic E-state index is 0.00693. The van der Waals surface area contributed by atoms with Crippen LogP contribution in [0.2, 0.25) is 0 Å². The zero-order valence-corrected chi connectivity index (χ0v) is 42.9. The summed E-state index contributed by atoms with van der Waals surface area (Å²) in [6.07, 6.45) is 17.7. The molecule has 0 aromatic heterocycles. The predicted octanol–water partition coefficient (Wildman–Crippen LogP) is 15.0. The molecule has 0 bridgehead atoms. The third-order valence-corrected chi connectivity index (χ3v) is 11.4. The minimum Gasteiger partial charge on any atom is -0.459 e. The van der Waals surface area contributed by atoms with E-state index in [9.17, 15) is 24.9 Å². The van der Waals surface area contributed by atoms with Crippen LogP contribution < -0.4 is 9.47 Å². The van der Waals surface area contributed by atoms with Gasteiger partial charge in [0.2, 0.25) is 0 Å². The summed E-state index contributed by atoms with van der Waals surface area (Å²) in [6.45, 7) is 18.4. The van der Waals surface area contributed by atoms with Gasteiger partial charge in [-0.3, -0.25) is 0 Å². The first-order chi connectivity index (χ1) is 34.6. The van der Waals surface area contributed by atoms with Crippen molar-refractivity contribution in [3.63, 3.8) is 0 Å². The molecule has 3 unspecified atom stereocenters. The molecule has 0 heterocycles. The maximum atomic E-state index is 12.2. The van der Waals surface area contributed by atoms with Gasteiger partial charge in [-0.1, -0.05) is 179 Å². The summed E-state index contributed by atoms with van der Waals surface area (Å²) >= 11 is 0. The lowest BCUT2D eigenvalue weighted by Gasteiger charge is -2.09. The molecule has 0 aliphatic heterocycles. The highest BCUT2D eigenvalue weighted by atomic mass is 16.5. The van der Waals surface area contributed by atoms with E-state index in [4.69, 9.17) is 19.5 Å². The Morgan fingerprint density at radius 3 is 1.35 bits per heavy atom. The topological polar surface area (TPSA) is 150 Å². The fraction of sp³-hybridized carbons (Fsp3) is 0.238. The van der Waals surface area contributed by atoms with E-state index >= 15 is 0 Å². The van der Waals surface area contributed by atoms with Crippen molar-refractivity contribution in [2.24, 2.45) is 0 Å². The number of benzene rings is 5. The Balaban J connectivity index is 0.000000290. The lowest BCUT2D eigenvalue weighted by molar-refractivity contribution is -0.143. The monoisotopic (exact) mass is 959 g/mol. The molecule has 0 saturated heterocycles. The number of esters is 3. The quantitative estimate of drug-likeness (QED) is 0.0292. The second kappa shape index (κ2) is 31.5. The zero-order valence-electron chi connectivity index (χ0n) is 42.9. The van der Waals surface area contributed by atoms with Gasteiger partial charge in [-0.05, 0) is 135 Å². The molecule has 368 valence electrons. The van der Waals surface area contributed by atoms with Crippen LogP contribution in [0.25, 0.3) is 18.2 Å². The smallest absolute Gasteiger partial charge is 0.354 e. The minimum atomic E-state index is -0.655. The van der Waals surface area contributed by atoms with Crippen molar-refractivity contribution in [2.75, 3.05) is 0 Å². The van der Waals surface area contributed by atoms with Crippen molar-refractivity contribution < 1.29 is 28.6 Å². The second-order valence-corrected chi connectivity index (χ2v) is 17.0. The summed E-state index contributed by atoms with van der Waals surface area (Å²) in [5, 5.41) is 27.4. The summed E-state index contributed by atoms with van der Waals surface area (Å²) < 4.78 is 15.7. The van der Waals surface area contributed by atoms with Crippen molar-refractivity contribution in [2.45, 2.75) is 99.5 Å². The normalized spacial score (nSPS) is 12.7. The molecule has 0 fully saturated rings. The lowest BCUT2D eigenvalue weighted by Crippen LogP contribution is -2.14. The first kappa shape index (κ1) is 57.7. The van der Waals surface area contributed by atoms with Crippen LogP contribution in [0.4, 0.5) is 0 Å². The molecule has 5 rings (SSSR count). The van der Waals surface area contributed by atoms with Gasteiger partial charge in [0.05, 0.1) is 6.10 Å². The Labute approximate surface area is 427 Å². The van der Waals surface area contributed by atoms with Crippen molar-refractivity contribution >= 4 is 36.1 Å². The first-order valence-corrected chi connectivity index (χ1v) is 24.0. The van der Waals surface area contributed by atoms with Crippen LogP contribution in [0, 0.1) is 54.8 Å². The molecule has 9 heteroatoms. The number of hydrogen-bond donors (Lipinski definition) is 0. The maximum absolute atomic E-state index is 12.2. The standard InChI is InChI=1S/C24H25NO2.C23H23NO2.C16H17NO2/c1-5-18(3)20-11-13-23(14-12-20)27-24(26)22(16-25)8-6-7-21-15-17(2)9-10-19(21)4;1-4-18(3)20-12-14-22(15-13-20)26-23(25)21(16-24)7-5-6-19-10-8-17(2)9-11-19;1-3-13(2)19-16(18)15(12-17)11-7-10-14-8-5-4-6-9-14/h6-15,18H,5H2,1-4H3;5-15,18H,4H2,1-3H3;4-11,13H,3H2,1-2H3/b7-6+,22-8+;6-5+,21-7+;10-7+,15-11+. The van der Waals surface area contributed by atoms with Gasteiger partial charge < -0.3 is 14.2 Å². The highest BCUT2D eigenvalue weighted by Crippen LogP contribution is 2.24. The van der Waals surface area contributed by atoms with Gasteiger partial charge in [0.15, 0.2) is 0 Å². The Morgan fingerprint density at radius 1 is 0.500 bits per heavy atom. The van der Waals surface area contributed by atoms with Gasteiger partial charge in [-0.25, -0.2) is 14.4 Å². The number of rotatable bonds is 17. The number of hydrogen-bond acceptors (Lipinski definition) is 9. The molecular weight excluding hydrogens is 895 g/mol. The van der Waals surface area contributed by atoms with Crippen LogP contribution in [0.15, 0.2) is 175 Å². The molecule has 0 amide bonds. The van der Waals surface area contributed by atoms with E-state index in [0.29, 0.717) is 23.3 Å². The highest BCUT2D eigenvalue weighted by Gasteiger charge is 2.14. The van der Waals surface area contributed by atoms with Gasteiger partial charge in [-0.15, -0.1) is 0 Å². The van der Waals surface area contributed by atoms with Crippen LogP contribution in [-0.2, 0) is 19.1 Å². The van der Waals surface area contributed by atoms with Gasteiger partial charge in [0.1, 0.15) is 46.4 Å². The summed E-state index contributed by atoms with van der Waals surface area (Å²) in [5.41, 5.74) is 8.85. The van der Waals surface area contributed by atoms with Crippen molar-refractivity contribution in [3.8, 4) is 29.7 Å². The highest BCUT2D eigenvalue weighted by molar-refractivity contribution is 5.95. The molecule has 5 aromatic rings. The Kier molecular flexibility index (Phi) is 25.3. The first-order valence-electron chi connectivity index (χ1n) is 24.0. The largest absolute Gasteiger partial charge is 0.459 e. The zero-order chi connectivity index (χ0) is 52.8. The van der Waals surface area contributed by atoms with Crippen molar-refractivity contribution in [1.29, 1.82) is 15.8 Å². The van der Waals surface area contributed by atoms with E-state index in [1.807, 2.05) is 155 Å². The van der Waals surface area contributed by atoms with Crippen LogP contribution >= 0.6 is 0 Å². The summed E-state index contributed by atoms with van der Waals surface area (Å²) in [6, 6.07) is 44.3. The number of nitrogens with zero attached hydrogens (tertiary/aromatic N) is 3. The van der Waals surface area contributed by atoms with E-state index in [0.717, 1.165) is 47.1 Å².